The standard InChI is InChI=1S/C13H6ClN3O/c14-12-5-10(8-16)6-13(17-12)18-11-3-1-9(7-15)2-4-11/h1-6H. The molecule has 1 heterocycles. The van der Waals surface area contributed by atoms with E-state index in [0.29, 0.717) is 16.9 Å². The first-order chi connectivity index (χ1) is 8.71. The zero-order valence-electron chi connectivity index (χ0n) is 9.09. The Hall–Kier alpha value is -2.56. The summed E-state index contributed by atoms with van der Waals surface area (Å²) in [4.78, 5) is 3.95. The molecule has 0 aliphatic carbocycles. The van der Waals surface area contributed by atoms with Gasteiger partial charge >= 0.3 is 0 Å². The molecule has 86 valence electrons. The van der Waals surface area contributed by atoms with Crippen LogP contribution in [0.2, 0.25) is 5.15 Å². The monoisotopic (exact) mass is 255 g/mol. The molecular weight excluding hydrogens is 250 g/mol. The minimum atomic E-state index is 0.192. The zero-order chi connectivity index (χ0) is 13.0. The summed E-state index contributed by atoms with van der Waals surface area (Å²) in [6, 6.07) is 13.5. The molecule has 0 unspecified atom stereocenters. The van der Waals surface area contributed by atoms with Crippen LogP contribution in [0.15, 0.2) is 36.4 Å². The van der Waals surface area contributed by atoms with Crippen LogP contribution in [0, 0.1) is 22.7 Å². The van der Waals surface area contributed by atoms with Gasteiger partial charge in [-0.05, 0) is 30.3 Å². The second-order valence-electron chi connectivity index (χ2n) is 3.37. The van der Waals surface area contributed by atoms with Crippen LogP contribution in [0.3, 0.4) is 0 Å². The van der Waals surface area contributed by atoms with Crippen LogP contribution in [-0.2, 0) is 0 Å². The lowest BCUT2D eigenvalue weighted by Gasteiger charge is -2.05. The van der Waals surface area contributed by atoms with Crippen LogP contribution >= 0.6 is 11.6 Å². The Labute approximate surface area is 109 Å². The molecule has 0 saturated heterocycles. The highest BCUT2D eigenvalue weighted by molar-refractivity contribution is 6.29. The summed E-state index contributed by atoms with van der Waals surface area (Å²) in [6.07, 6.45) is 0. The zero-order valence-corrected chi connectivity index (χ0v) is 9.85. The third-order valence-electron chi connectivity index (χ3n) is 2.11. The fraction of sp³-hybridized carbons (Fsp3) is 0. The van der Waals surface area contributed by atoms with E-state index in [1.807, 2.05) is 12.1 Å². The van der Waals surface area contributed by atoms with Crippen LogP contribution in [0.25, 0.3) is 0 Å². The molecule has 18 heavy (non-hydrogen) atoms. The Morgan fingerprint density at radius 2 is 1.67 bits per heavy atom. The van der Waals surface area contributed by atoms with Crippen molar-refractivity contribution in [1.29, 1.82) is 10.5 Å². The Kier molecular flexibility index (Phi) is 3.43. The van der Waals surface area contributed by atoms with E-state index in [-0.39, 0.29) is 11.0 Å². The van der Waals surface area contributed by atoms with Crippen molar-refractivity contribution in [1.82, 2.24) is 4.98 Å². The van der Waals surface area contributed by atoms with Crippen molar-refractivity contribution in [2.24, 2.45) is 0 Å². The summed E-state index contributed by atoms with van der Waals surface area (Å²) in [5.41, 5.74) is 0.915. The fourth-order valence-corrected chi connectivity index (χ4v) is 1.51. The van der Waals surface area contributed by atoms with Gasteiger partial charge in [-0.3, -0.25) is 0 Å². The predicted molar refractivity (Wildman–Crippen MR) is 65.2 cm³/mol. The van der Waals surface area contributed by atoms with Gasteiger partial charge in [0.15, 0.2) is 0 Å². The third kappa shape index (κ3) is 2.76. The summed E-state index contributed by atoms with van der Waals surface area (Å²) >= 11 is 5.76. The highest BCUT2D eigenvalue weighted by Gasteiger charge is 2.03. The van der Waals surface area contributed by atoms with Crippen molar-refractivity contribution in [2.75, 3.05) is 0 Å². The van der Waals surface area contributed by atoms with Crippen molar-refractivity contribution in [2.45, 2.75) is 0 Å². The first-order valence-corrected chi connectivity index (χ1v) is 5.35. The topological polar surface area (TPSA) is 69.7 Å². The molecule has 0 radical (unpaired) electrons. The number of pyridine rings is 1. The van der Waals surface area contributed by atoms with E-state index in [9.17, 15) is 0 Å². The van der Waals surface area contributed by atoms with Gasteiger partial charge in [0.1, 0.15) is 10.9 Å². The maximum absolute atomic E-state index is 8.79. The highest BCUT2D eigenvalue weighted by atomic mass is 35.5. The molecule has 0 aliphatic heterocycles. The lowest BCUT2D eigenvalue weighted by Crippen LogP contribution is -1.90. The van der Waals surface area contributed by atoms with Crippen LogP contribution in [0.5, 0.6) is 11.6 Å². The van der Waals surface area contributed by atoms with E-state index in [4.69, 9.17) is 26.9 Å². The normalized spacial score (nSPS) is 9.28. The van der Waals surface area contributed by atoms with E-state index in [2.05, 4.69) is 4.98 Å². The molecule has 2 rings (SSSR count). The number of hydrogen-bond donors (Lipinski definition) is 0. The summed E-state index contributed by atoms with van der Waals surface area (Å²) in [7, 11) is 0. The number of benzene rings is 1. The Bertz CT molecular complexity index is 653. The molecule has 0 amide bonds. The molecular formula is C13H6ClN3O. The van der Waals surface area contributed by atoms with Crippen LogP contribution in [0.4, 0.5) is 0 Å². The molecule has 0 saturated carbocycles. The number of aromatic nitrogens is 1. The number of rotatable bonds is 2. The van der Waals surface area contributed by atoms with Crippen molar-refractivity contribution in [3.63, 3.8) is 0 Å². The SMILES string of the molecule is N#Cc1ccc(Oc2cc(C#N)cc(Cl)n2)cc1. The number of nitriles is 2. The molecule has 0 atom stereocenters. The van der Waals surface area contributed by atoms with Gasteiger partial charge in [-0.15, -0.1) is 0 Å². The molecule has 1 aromatic carbocycles. The number of nitrogens with zero attached hydrogens (tertiary/aromatic N) is 3. The number of hydrogen-bond acceptors (Lipinski definition) is 4. The molecule has 0 N–H and O–H groups in total. The molecule has 4 nitrogen and oxygen atoms in total. The van der Waals surface area contributed by atoms with Crippen LogP contribution in [-0.4, -0.2) is 4.98 Å². The van der Waals surface area contributed by atoms with E-state index < -0.39 is 0 Å². The van der Waals surface area contributed by atoms with Crippen molar-refractivity contribution in [3.05, 3.63) is 52.7 Å². The van der Waals surface area contributed by atoms with Gasteiger partial charge in [0.05, 0.1) is 23.3 Å². The largest absolute Gasteiger partial charge is 0.439 e. The average molecular weight is 256 g/mol. The van der Waals surface area contributed by atoms with Gasteiger partial charge in [-0.1, -0.05) is 11.6 Å². The first kappa shape index (κ1) is 11.9. The van der Waals surface area contributed by atoms with Crippen molar-refractivity contribution < 1.29 is 4.74 Å². The maximum Gasteiger partial charge on any atom is 0.221 e. The van der Waals surface area contributed by atoms with Gasteiger partial charge in [-0.25, -0.2) is 4.98 Å². The van der Waals surface area contributed by atoms with Gasteiger partial charge in [0.2, 0.25) is 5.88 Å². The third-order valence-corrected chi connectivity index (χ3v) is 2.30. The van der Waals surface area contributed by atoms with E-state index in [1.165, 1.54) is 12.1 Å². The average Bonchev–Trinajstić information content (AvgIpc) is 2.39. The number of halogens is 1. The lowest BCUT2D eigenvalue weighted by molar-refractivity contribution is 0.463. The summed E-state index contributed by atoms with van der Waals surface area (Å²) in [5, 5.41) is 17.7. The van der Waals surface area contributed by atoms with Gasteiger partial charge in [-0.2, -0.15) is 10.5 Å². The first-order valence-electron chi connectivity index (χ1n) is 4.97. The molecule has 5 heteroatoms. The molecule has 0 spiro atoms. The van der Waals surface area contributed by atoms with E-state index in [1.54, 1.807) is 24.3 Å². The molecule has 0 aliphatic rings. The number of ether oxygens (including phenoxy) is 1. The van der Waals surface area contributed by atoms with Gasteiger partial charge < -0.3 is 4.74 Å². The molecule has 2 aromatic rings. The quantitative estimate of drug-likeness (QED) is 0.772. The van der Waals surface area contributed by atoms with E-state index >= 15 is 0 Å². The van der Waals surface area contributed by atoms with Crippen molar-refractivity contribution >= 4 is 11.6 Å². The highest BCUT2D eigenvalue weighted by Crippen LogP contribution is 2.22. The molecule has 0 bridgehead atoms. The fourth-order valence-electron chi connectivity index (χ4n) is 1.31. The van der Waals surface area contributed by atoms with E-state index in [0.717, 1.165) is 0 Å². The minimum absolute atomic E-state index is 0.192. The predicted octanol–water partition coefficient (Wildman–Crippen LogP) is 3.27. The minimum Gasteiger partial charge on any atom is -0.439 e. The van der Waals surface area contributed by atoms with Crippen molar-refractivity contribution in [3.8, 4) is 23.8 Å². The second kappa shape index (κ2) is 5.18. The van der Waals surface area contributed by atoms with Crippen LogP contribution < -0.4 is 4.74 Å². The summed E-state index contributed by atoms with van der Waals surface area (Å²) in [5.74, 6) is 0.761. The molecule has 1 aromatic heterocycles. The summed E-state index contributed by atoms with van der Waals surface area (Å²) < 4.78 is 5.45. The lowest BCUT2D eigenvalue weighted by atomic mass is 10.2. The smallest absolute Gasteiger partial charge is 0.221 e. The van der Waals surface area contributed by atoms with Crippen LogP contribution in [0.1, 0.15) is 11.1 Å². The Balaban J connectivity index is 2.26. The molecule has 0 fully saturated rings. The Morgan fingerprint density at radius 1 is 1.00 bits per heavy atom. The second-order valence-corrected chi connectivity index (χ2v) is 3.75. The Morgan fingerprint density at radius 3 is 2.28 bits per heavy atom. The maximum atomic E-state index is 8.79. The van der Waals surface area contributed by atoms with Gasteiger partial charge in [0, 0.05) is 6.07 Å². The summed E-state index contributed by atoms with van der Waals surface area (Å²) in [6.45, 7) is 0. The van der Waals surface area contributed by atoms with Gasteiger partial charge in [0.25, 0.3) is 0 Å².